The van der Waals surface area contributed by atoms with Crippen molar-refractivity contribution in [3.05, 3.63) is 0 Å². The molecule has 34 heavy (non-hydrogen) atoms. The fourth-order valence-corrected chi connectivity index (χ4v) is 9.71. The highest BCUT2D eigenvalue weighted by Crippen LogP contribution is 2.68. The molecule has 5 fully saturated rings. The molecule has 0 radical (unpaired) electrons. The summed E-state index contributed by atoms with van der Waals surface area (Å²) < 4.78 is 6.48. The number of aliphatic hydroxyl groups excluding tert-OH is 1. The van der Waals surface area contributed by atoms with E-state index in [1.807, 2.05) is 0 Å². The lowest BCUT2D eigenvalue weighted by Crippen LogP contribution is -2.60. The molecule has 4 saturated carbocycles. The molecule has 0 aromatic rings. The van der Waals surface area contributed by atoms with Crippen LogP contribution in [0.3, 0.4) is 0 Å². The Balaban J connectivity index is 1.41. The van der Waals surface area contributed by atoms with Crippen molar-refractivity contribution in [2.45, 2.75) is 104 Å². The maximum Gasteiger partial charge on any atom is 0.320 e. The molecule has 5 heteroatoms. The van der Waals surface area contributed by atoms with Crippen LogP contribution >= 0.6 is 0 Å². The maximum absolute atomic E-state index is 13.3. The Morgan fingerprint density at radius 1 is 1.00 bits per heavy atom. The van der Waals surface area contributed by atoms with Crippen LogP contribution in [0.25, 0.3) is 0 Å². The summed E-state index contributed by atoms with van der Waals surface area (Å²) >= 11 is 0. The minimum Gasteiger partial charge on any atom is -0.461 e. The first-order valence-corrected chi connectivity index (χ1v) is 14.2. The van der Waals surface area contributed by atoms with E-state index in [1.54, 1.807) is 6.92 Å². The number of fused-ring (bicyclic) bond motifs is 5. The summed E-state index contributed by atoms with van der Waals surface area (Å²) in [5.74, 6) is 3.03. The zero-order valence-corrected chi connectivity index (χ0v) is 21.9. The van der Waals surface area contributed by atoms with Gasteiger partial charge in [0.05, 0.1) is 12.6 Å². The number of likely N-dealkylation sites (tertiary alicyclic amines) is 1. The number of nitrogens with zero attached hydrogens (tertiary/aromatic N) is 1. The zero-order chi connectivity index (χ0) is 24.3. The van der Waals surface area contributed by atoms with E-state index in [4.69, 9.17) is 4.74 Å². The Labute approximate surface area is 206 Å². The number of carbonyl (C=O) groups is 2. The Morgan fingerprint density at radius 3 is 2.44 bits per heavy atom. The number of aliphatic hydroxyl groups is 1. The standard InChI is InChI=1S/C29H47NO4/c1-18-10-13-30(14-11-18)17-26(33)34-25-16-29(4)23(19(2)31)7-8-24(29)22-6-5-20-15-21(32)9-12-28(20,3)27(22)25/h18,20-25,27,32H,5-17H2,1-4H3/t20-,21+,22-,23+,24-,25-,27+,28-,29+/m0/s1. The van der Waals surface area contributed by atoms with Gasteiger partial charge in [-0.2, -0.15) is 0 Å². The Bertz CT molecular complexity index is 791. The minimum atomic E-state index is -0.181. The van der Waals surface area contributed by atoms with E-state index in [1.165, 1.54) is 6.42 Å². The van der Waals surface area contributed by atoms with Gasteiger partial charge >= 0.3 is 5.97 Å². The monoisotopic (exact) mass is 473 g/mol. The van der Waals surface area contributed by atoms with Crippen molar-refractivity contribution < 1.29 is 19.4 Å². The molecule has 1 aliphatic heterocycles. The second-order valence-electron chi connectivity index (χ2n) is 13.4. The number of esters is 1. The number of ether oxygens (including phenoxy) is 1. The summed E-state index contributed by atoms with van der Waals surface area (Å²) in [5.41, 5.74) is 0.0547. The summed E-state index contributed by atoms with van der Waals surface area (Å²) in [7, 11) is 0. The van der Waals surface area contributed by atoms with Gasteiger partial charge in [0.25, 0.3) is 0 Å². The molecule has 5 rings (SSSR count). The lowest BCUT2D eigenvalue weighted by atomic mass is 9.43. The van der Waals surface area contributed by atoms with E-state index >= 15 is 0 Å². The van der Waals surface area contributed by atoms with Gasteiger partial charge in [0.1, 0.15) is 11.9 Å². The topological polar surface area (TPSA) is 66.8 Å². The first-order chi connectivity index (χ1) is 16.1. The van der Waals surface area contributed by atoms with Crippen LogP contribution in [-0.2, 0) is 14.3 Å². The molecular weight excluding hydrogens is 426 g/mol. The average Bonchev–Trinajstić information content (AvgIpc) is 3.12. The summed E-state index contributed by atoms with van der Waals surface area (Å²) in [6, 6.07) is 0. The summed E-state index contributed by atoms with van der Waals surface area (Å²) in [4.78, 5) is 28.2. The second kappa shape index (κ2) is 9.18. The van der Waals surface area contributed by atoms with Crippen molar-refractivity contribution in [3.8, 4) is 0 Å². The normalized spacial score (nSPS) is 47.4. The average molecular weight is 474 g/mol. The molecule has 1 N–H and O–H groups in total. The van der Waals surface area contributed by atoms with Crippen LogP contribution in [0.15, 0.2) is 0 Å². The van der Waals surface area contributed by atoms with Gasteiger partial charge in [0.15, 0.2) is 0 Å². The predicted octanol–water partition coefficient (Wildman–Crippen LogP) is 4.85. The molecule has 9 atom stereocenters. The highest BCUT2D eigenvalue weighted by atomic mass is 16.5. The molecular formula is C29H47NO4. The van der Waals surface area contributed by atoms with Crippen LogP contribution in [0.4, 0.5) is 0 Å². The minimum absolute atomic E-state index is 0.0596. The van der Waals surface area contributed by atoms with Crippen molar-refractivity contribution >= 4 is 11.8 Å². The number of ketones is 1. The third-order valence-electron chi connectivity index (χ3n) is 11.5. The largest absolute Gasteiger partial charge is 0.461 e. The molecule has 5 nitrogen and oxygen atoms in total. The van der Waals surface area contributed by atoms with E-state index in [-0.39, 0.29) is 34.9 Å². The summed E-state index contributed by atoms with van der Waals surface area (Å²) in [6.45, 7) is 11.2. The van der Waals surface area contributed by atoms with Gasteiger partial charge in [-0.25, -0.2) is 0 Å². The Hall–Kier alpha value is -0.940. The Kier molecular flexibility index (Phi) is 6.68. The van der Waals surface area contributed by atoms with Gasteiger partial charge < -0.3 is 9.84 Å². The van der Waals surface area contributed by atoms with Crippen LogP contribution in [0.2, 0.25) is 0 Å². The predicted molar refractivity (Wildman–Crippen MR) is 132 cm³/mol. The molecule has 0 aromatic carbocycles. The lowest BCUT2D eigenvalue weighted by Gasteiger charge is -2.62. The van der Waals surface area contributed by atoms with Crippen molar-refractivity contribution in [2.75, 3.05) is 19.6 Å². The van der Waals surface area contributed by atoms with Crippen molar-refractivity contribution in [1.82, 2.24) is 4.90 Å². The highest BCUT2D eigenvalue weighted by molar-refractivity contribution is 5.79. The highest BCUT2D eigenvalue weighted by Gasteiger charge is 2.64. The van der Waals surface area contributed by atoms with Gasteiger partial charge in [-0.1, -0.05) is 20.8 Å². The first-order valence-electron chi connectivity index (χ1n) is 14.2. The summed E-state index contributed by atoms with van der Waals surface area (Å²) in [6.07, 6.45) is 10.1. The second-order valence-corrected chi connectivity index (χ2v) is 13.4. The van der Waals surface area contributed by atoms with Gasteiger partial charge in [-0.3, -0.25) is 14.5 Å². The third kappa shape index (κ3) is 4.17. The smallest absolute Gasteiger partial charge is 0.320 e. The number of carbonyl (C=O) groups excluding carboxylic acids is 2. The van der Waals surface area contributed by atoms with Crippen LogP contribution in [0.1, 0.15) is 91.9 Å². The molecule has 4 aliphatic carbocycles. The molecule has 0 spiro atoms. The van der Waals surface area contributed by atoms with E-state index in [2.05, 4.69) is 25.7 Å². The van der Waals surface area contributed by atoms with Gasteiger partial charge in [-0.05, 0) is 119 Å². The zero-order valence-electron chi connectivity index (χ0n) is 21.9. The molecule has 0 amide bonds. The molecule has 5 aliphatic rings. The van der Waals surface area contributed by atoms with E-state index in [9.17, 15) is 14.7 Å². The van der Waals surface area contributed by atoms with Gasteiger partial charge in [0.2, 0.25) is 0 Å². The Morgan fingerprint density at radius 2 is 1.74 bits per heavy atom. The van der Waals surface area contributed by atoms with Crippen molar-refractivity contribution in [3.63, 3.8) is 0 Å². The molecule has 0 bridgehead atoms. The number of piperidine rings is 1. The van der Waals surface area contributed by atoms with Gasteiger partial charge in [-0.15, -0.1) is 0 Å². The van der Waals surface area contributed by atoms with E-state index in [0.29, 0.717) is 36.0 Å². The lowest BCUT2D eigenvalue weighted by molar-refractivity contribution is -0.199. The third-order valence-corrected chi connectivity index (χ3v) is 11.5. The van der Waals surface area contributed by atoms with E-state index < -0.39 is 0 Å². The molecule has 192 valence electrons. The first kappa shape index (κ1) is 24.7. The molecule has 1 heterocycles. The molecule has 1 saturated heterocycles. The fourth-order valence-electron chi connectivity index (χ4n) is 9.71. The van der Waals surface area contributed by atoms with Crippen LogP contribution < -0.4 is 0 Å². The fraction of sp³-hybridized carbons (Fsp3) is 0.931. The number of Topliss-reactive ketones (excluding diaryl/α,β-unsaturated/α-hetero) is 1. The molecule has 0 unspecified atom stereocenters. The van der Waals surface area contributed by atoms with Crippen molar-refractivity contribution in [2.24, 2.45) is 46.3 Å². The maximum atomic E-state index is 13.3. The van der Waals surface area contributed by atoms with Gasteiger partial charge in [0, 0.05) is 11.8 Å². The molecule has 0 aromatic heterocycles. The van der Waals surface area contributed by atoms with Crippen molar-refractivity contribution in [1.29, 1.82) is 0 Å². The summed E-state index contributed by atoms with van der Waals surface area (Å²) in [5, 5.41) is 10.4. The van der Waals surface area contributed by atoms with Crippen LogP contribution in [0.5, 0.6) is 0 Å². The quantitative estimate of drug-likeness (QED) is 0.591. The number of hydrogen-bond acceptors (Lipinski definition) is 5. The van der Waals surface area contributed by atoms with E-state index in [0.717, 1.165) is 76.8 Å². The number of hydrogen-bond donors (Lipinski definition) is 1. The SMILES string of the molecule is CC(=O)[C@H]1CC[C@H]2[C@@H]3CC[C@H]4C[C@H](O)CC[C@]4(C)[C@H]3[C@@H](OC(=O)CN3CCC(C)CC3)C[C@]12C. The number of rotatable bonds is 4. The van der Waals surface area contributed by atoms with Crippen LogP contribution in [-0.4, -0.2) is 53.6 Å². The van der Waals surface area contributed by atoms with Crippen LogP contribution in [0, 0.1) is 46.3 Å².